The van der Waals surface area contributed by atoms with Gasteiger partial charge in [-0.05, 0) is 36.8 Å². The zero-order valence-electron chi connectivity index (χ0n) is 17.3. The molecule has 8 heteroatoms. The number of carbonyl (C=O) groups is 1. The lowest BCUT2D eigenvalue weighted by Crippen LogP contribution is -2.32. The number of halogens is 2. The minimum Gasteiger partial charge on any atom is -0.485 e. The lowest BCUT2D eigenvalue weighted by atomic mass is 10.1. The van der Waals surface area contributed by atoms with Crippen molar-refractivity contribution in [3.05, 3.63) is 101 Å². The topological polar surface area (TPSA) is 75.9 Å². The van der Waals surface area contributed by atoms with Crippen LogP contribution in [0.5, 0.6) is 5.75 Å². The molecule has 4 aromatic rings. The van der Waals surface area contributed by atoms with Gasteiger partial charge in [-0.25, -0.2) is 13.8 Å². The van der Waals surface area contributed by atoms with E-state index in [0.29, 0.717) is 11.3 Å². The van der Waals surface area contributed by atoms with Gasteiger partial charge < -0.3 is 15.2 Å². The average molecular weight is 437 g/mol. The molecule has 2 aromatic carbocycles. The van der Waals surface area contributed by atoms with Gasteiger partial charge in [-0.15, -0.1) is 0 Å². The maximum atomic E-state index is 13.9. The Morgan fingerprint density at radius 1 is 1.09 bits per heavy atom. The summed E-state index contributed by atoms with van der Waals surface area (Å²) in [6, 6.07) is 15.4. The van der Waals surface area contributed by atoms with Crippen molar-refractivity contribution in [3.63, 3.8) is 0 Å². The molecule has 0 aliphatic heterocycles. The number of amides is 1. The van der Waals surface area contributed by atoms with E-state index in [-0.39, 0.29) is 30.2 Å². The first-order chi connectivity index (χ1) is 15.5. The number of rotatable bonds is 7. The predicted molar refractivity (Wildman–Crippen MR) is 114 cm³/mol. The van der Waals surface area contributed by atoms with E-state index in [2.05, 4.69) is 10.3 Å². The quantitative estimate of drug-likeness (QED) is 0.459. The monoisotopic (exact) mass is 437 g/mol. The van der Waals surface area contributed by atoms with Gasteiger partial charge in [-0.3, -0.25) is 9.20 Å². The summed E-state index contributed by atoms with van der Waals surface area (Å²) in [6.07, 6.45) is 1.65. The van der Waals surface area contributed by atoms with Crippen molar-refractivity contribution in [3.8, 4) is 5.75 Å². The molecule has 0 aliphatic rings. The summed E-state index contributed by atoms with van der Waals surface area (Å²) in [4.78, 5) is 17.5. The van der Waals surface area contributed by atoms with Crippen LogP contribution < -0.4 is 10.1 Å². The summed E-state index contributed by atoms with van der Waals surface area (Å²) in [5, 5.41) is 12.6. The van der Waals surface area contributed by atoms with E-state index < -0.39 is 23.6 Å². The van der Waals surface area contributed by atoms with Gasteiger partial charge >= 0.3 is 0 Å². The first-order valence-electron chi connectivity index (χ1n) is 9.99. The first-order valence-corrected chi connectivity index (χ1v) is 9.99. The second kappa shape index (κ2) is 9.15. The molecule has 4 rings (SSSR count). The Bertz CT molecular complexity index is 1240. The molecule has 0 radical (unpaired) electrons. The molecule has 0 saturated heterocycles. The van der Waals surface area contributed by atoms with E-state index in [9.17, 15) is 18.7 Å². The van der Waals surface area contributed by atoms with E-state index in [1.165, 1.54) is 6.07 Å². The highest BCUT2D eigenvalue weighted by Gasteiger charge is 2.22. The zero-order valence-corrected chi connectivity index (χ0v) is 17.3. The van der Waals surface area contributed by atoms with Crippen LogP contribution in [0, 0.1) is 18.6 Å². The minimum atomic E-state index is -0.701. The molecule has 0 spiro atoms. The smallest absolute Gasteiger partial charge is 0.270 e. The molecule has 0 unspecified atom stereocenters. The van der Waals surface area contributed by atoms with Crippen molar-refractivity contribution in [2.45, 2.75) is 19.6 Å². The van der Waals surface area contributed by atoms with Gasteiger partial charge in [0.15, 0.2) is 11.4 Å². The number of fused-ring (bicyclic) bond motifs is 1. The summed E-state index contributed by atoms with van der Waals surface area (Å²) >= 11 is 0. The highest BCUT2D eigenvalue weighted by molar-refractivity contribution is 5.95. The molecule has 2 aromatic heterocycles. The van der Waals surface area contributed by atoms with E-state index in [1.54, 1.807) is 29.7 Å². The summed E-state index contributed by atoms with van der Waals surface area (Å²) in [5.74, 6) is -1.55. The van der Waals surface area contributed by atoms with Crippen LogP contribution in [0.1, 0.15) is 33.4 Å². The Morgan fingerprint density at radius 3 is 2.50 bits per heavy atom. The molecule has 0 bridgehead atoms. The Balaban J connectivity index is 1.61. The van der Waals surface area contributed by atoms with E-state index in [0.717, 1.165) is 17.7 Å². The summed E-state index contributed by atoms with van der Waals surface area (Å²) < 4.78 is 35.0. The zero-order chi connectivity index (χ0) is 22.7. The number of hydrogen-bond acceptors (Lipinski definition) is 4. The molecule has 1 amide bonds. The van der Waals surface area contributed by atoms with Crippen LogP contribution in [0.3, 0.4) is 0 Å². The van der Waals surface area contributed by atoms with Gasteiger partial charge in [0.05, 0.1) is 23.9 Å². The molecule has 2 N–H and O–H groups in total. The van der Waals surface area contributed by atoms with E-state index in [4.69, 9.17) is 4.74 Å². The van der Waals surface area contributed by atoms with Gasteiger partial charge in [-0.2, -0.15) is 0 Å². The molecule has 1 atom stereocenters. The maximum absolute atomic E-state index is 13.9. The standard InChI is InChI=1S/C24H21F2N3O3/c1-15-22(24(31)28-20(13-30)16-7-3-2-4-8-16)29-12-6-11-21(23(29)27-15)32-14-17-18(25)9-5-10-19(17)26/h2-12,20,30H,13-14H2,1H3,(H,28,31)/t20-/m0/s1. The molecule has 164 valence electrons. The number of ether oxygens (including phenoxy) is 1. The van der Waals surface area contributed by atoms with Crippen molar-refractivity contribution >= 4 is 11.6 Å². The van der Waals surface area contributed by atoms with Crippen LogP contribution in [0.4, 0.5) is 8.78 Å². The summed E-state index contributed by atoms with van der Waals surface area (Å²) in [7, 11) is 0. The van der Waals surface area contributed by atoms with Crippen molar-refractivity contribution in [2.24, 2.45) is 0 Å². The Hall–Kier alpha value is -3.78. The Labute approximate surface area is 183 Å². The lowest BCUT2D eigenvalue weighted by molar-refractivity contribution is 0.0909. The van der Waals surface area contributed by atoms with Crippen LogP contribution in [-0.2, 0) is 6.61 Å². The number of aryl methyl sites for hydroxylation is 1. The van der Waals surface area contributed by atoms with E-state index in [1.807, 2.05) is 30.3 Å². The fraction of sp³-hybridized carbons (Fsp3) is 0.167. The number of imidazole rings is 1. The van der Waals surface area contributed by atoms with Gasteiger partial charge in [0, 0.05) is 6.20 Å². The molecule has 2 heterocycles. The van der Waals surface area contributed by atoms with E-state index >= 15 is 0 Å². The predicted octanol–water partition coefficient (Wildman–Crippen LogP) is 3.96. The normalized spacial score (nSPS) is 12.0. The summed E-state index contributed by atoms with van der Waals surface area (Å²) in [6.45, 7) is 1.08. The third-order valence-corrected chi connectivity index (χ3v) is 5.13. The fourth-order valence-electron chi connectivity index (χ4n) is 3.51. The van der Waals surface area contributed by atoms with Gasteiger partial charge in [0.1, 0.15) is 23.9 Å². The molecular weight excluding hydrogens is 416 g/mol. The third-order valence-electron chi connectivity index (χ3n) is 5.13. The molecule has 0 fully saturated rings. The average Bonchev–Trinajstić information content (AvgIpc) is 3.14. The number of carbonyl (C=O) groups excluding carboxylic acids is 1. The number of benzene rings is 2. The molecule has 0 aliphatic carbocycles. The molecular formula is C24H21F2N3O3. The van der Waals surface area contributed by atoms with Crippen molar-refractivity contribution in [1.29, 1.82) is 0 Å². The first kappa shape index (κ1) is 21.5. The van der Waals surface area contributed by atoms with Crippen molar-refractivity contribution < 1.29 is 23.4 Å². The van der Waals surface area contributed by atoms with Gasteiger partial charge in [-0.1, -0.05) is 36.4 Å². The number of nitrogens with zero attached hydrogens (tertiary/aromatic N) is 2. The number of hydrogen-bond donors (Lipinski definition) is 2. The third kappa shape index (κ3) is 4.17. The number of aliphatic hydroxyl groups excluding tert-OH is 1. The van der Waals surface area contributed by atoms with Crippen LogP contribution in [-0.4, -0.2) is 27.0 Å². The number of pyridine rings is 1. The van der Waals surface area contributed by atoms with Gasteiger partial charge in [0.2, 0.25) is 0 Å². The highest BCUT2D eigenvalue weighted by atomic mass is 19.1. The van der Waals surface area contributed by atoms with Gasteiger partial charge in [0.25, 0.3) is 5.91 Å². The molecule has 6 nitrogen and oxygen atoms in total. The Morgan fingerprint density at radius 2 is 1.81 bits per heavy atom. The summed E-state index contributed by atoms with van der Waals surface area (Å²) in [5.41, 5.74) is 1.64. The SMILES string of the molecule is Cc1nc2c(OCc3c(F)cccc3F)cccn2c1C(=O)N[C@@H](CO)c1ccccc1. The second-order valence-electron chi connectivity index (χ2n) is 7.22. The van der Waals surface area contributed by atoms with Crippen LogP contribution in [0.15, 0.2) is 66.9 Å². The van der Waals surface area contributed by atoms with Crippen LogP contribution >= 0.6 is 0 Å². The highest BCUT2D eigenvalue weighted by Crippen LogP contribution is 2.24. The fourth-order valence-corrected chi connectivity index (χ4v) is 3.51. The Kier molecular flexibility index (Phi) is 6.13. The largest absolute Gasteiger partial charge is 0.485 e. The van der Waals surface area contributed by atoms with Crippen molar-refractivity contribution in [1.82, 2.24) is 14.7 Å². The number of nitrogens with one attached hydrogen (secondary N) is 1. The maximum Gasteiger partial charge on any atom is 0.270 e. The second-order valence-corrected chi connectivity index (χ2v) is 7.22. The van der Waals surface area contributed by atoms with Crippen LogP contribution in [0.2, 0.25) is 0 Å². The van der Waals surface area contributed by atoms with Crippen LogP contribution in [0.25, 0.3) is 5.65 Å². The minimum absolute atomic E-state index is 0.190. The number of aliphatic hydroxyl groups is 1. The number of aromatic nitrogens is 2. The molecule has 32 heavy (non-hydrogen) atoms. The van der Waals surface area contributed by atoms with Crippen molar-refractivity contribution in [2.75, 3.05) is 6.61 Å². The lowest BCUT2D eigenvalue weighted by Gasteiger charge is -2.17. The molecule has 0 saturated carbocycles.